The molecule has 5 heteroatoms. The molecule has 40 heavy (non-hydrogen) atoms. The van der Waals surface area contributed by atoms with Crippen LogP contribution in [0.3, 0.4) is 0 Å². The zero-order valence-electron chi connectivity index (χ0n) is 23.8. The third kappa shape index (κ3) is 9.56. The third-order valence-electron chi connectivity index (χ3n) is 7.85. The molecule has 3 aromatic carbocycles. The minimum atomic E-state index is -0.697. The van der Waals surface area contributed by atoms with Crippen molar-refractivity contribution in [1.82, 2.24) is 10.2 Å². The van der Waals surface area contributed by atoms with E-state index in [4.69, 9.17) is 4.74 Å². The molecule has 3 atom stereocenters. The van der Waals surface area contributed by atoms with Crippen molar-refractivity contribution in [3.8, 4) is 5.75 Å². The molecule has 212 valence electrons. The fraction of sp³-hybridized carbons (Fsp3) is 0.400. The summed E-state index contributed by atoms with van der Waals surface area (Å²) in [5.41, 5.74) is 2.78. The van der Waals surface area contributed by atoms with Crippen molar-refractivity contribution in [3.05, 3.63) is 114 Å². The van der Waals surface area contributed by atoms with E-state index in [1.54, 1.807) is 12.1 Å². The Bertz CT molecular complexity index is 1180. The summed E-state index contributed by atoms with van der Waals surface area (Å²) < 4.78 is 5.98. The van der Waals surface area contributed by atoms with Crippen LogP contribution in [0.2, 0.25) is 0 Å². The van der Waals surface area contributed by atoms with Crippen LogP contribution in [0.15, 0.2) is 97.2 Å². The molecule has 5 nitrogen and oxygen atoms in total. The summed E-state index contributed by atoms with van der Waals surface area (Å²) in [7, 11) is 0. The van der Waals surface area contributed by atoms with Gasteiger partial charge in [-0.25, -0.2) is 0 Å². The van der Waals surface area contributed by atoms with Gasteiger partial charge in [0.1, 0.15) is 18.5 Å². The van der Waals surface area contributed by atoms with Gasteiger partial charge in [-0.15, -0.1) is 0 Å². The molecule has 0 spiro atoms. The number of rotatable bonds is 15. The highest BCUT2D eigenvalue weighted by Crippen LogP contribution is 2.35. The van der Waals surface area contributed by atoms with Crippen LogP contribution < -0.4 is 10.1 Å². The maximum atomic E-state index is 12.9. The summed E-state index contributed by atoms with van der Waals surface area (Å²) in [6, 6.07) is 27.5. The molecule has 4 rings (SSSR count). The number of allylic oxidation sites excluding steroid dienone is 1. The summed E-state index contributed by atoms with van der Waals surface area (Å²) in [6.45, 7) is 4.14. The molecule has 1 aliphatic rings. The number of carbonyl (C=O) groups is 1. The molecule has 0 heterocycles. The van der Waals surface area contributed by atoms with Gasteiger partial charge in [-0.05, 0) is 67.0 Å². The summed E-state index contributed by atoms with van der Waals surface area (Å²) in [4.78, 5) is 15.1. The molecule has 1 saturated carbocycles. The highest BCUT2D eigenvalue weighted by Gasteiger charge is 2.22. The van der Waals surface area contributed by atoms with Crippen molar-refractivity contribution in [2.45, 2.75) is 58.1 Å². The Labute approximate surface area is 239 Å². The lowest BCUT2D eigenvalue weighted by atomic mass is 10.0. The van der Waals surface area contributed by atoms with Gasteiger partial charge in [0.15, 0.2) is 0 Å². The van der Waals surface area contributed by atoms with Crippen LogP contribution in [0.4, 0.5) is 0 Å². The van der Waals surface area contributed by atoms with Crippen LogP contribution in [0.1, 0.15) is 60.5 Å². The van der Waals surface area contributed by atoms with E-state index in [2.05, 4.69) is 53.7 Å². The molecule has 3 unspecified atom stereocenters. The zero-order chi connectivity index (χ0) is 28.0. The number of para-hydroxylation sites is 1. The summed E-state index contributed by atoms with van der Waals surface area (Å²) >= 11 is 0. The van der Waals surface area contributed by atoms with Gasteiger partial charge >= 0.3 is 0 Å². The summed E-state index contributed by atoms with van der Waals surface area (Å²) in [5, 5.41) is 13.9. The van der Waals surface area contributed by atoms with E-state index < -0.39 is 6.10 Å². The van der Waals surface area contributed by atoms with Crippen molar-refractivity contribution in [2.24, 2.45) is 11.8 Å². The molecule has 1 amide bonds. The quantitative estimate of drug-likeness (QED) is 0.227. The van der Waals surface area contributed by atoms with Gasteiger partial charge in [0, 0.05) is 19.6 Å². The monoisotopic (exact) mass is 540 g/mol. The Morgan fingerprint density at radius 1 is 0.975 bits per heavy atom. The first-order valence-electron chi connectivity index (χ1n) is 14.8. The second-order valence-corrected chi connectivity index (χ2v) is 10.9. The first-order chi connectivity index (χ1) is 19.6. The van der Waals surface area contributed by atoms with Crippen LogP contribution in [-0.4, -0.2) is 41.7 Å². The molecule has 0 saturated heterocycles. The van der Waals surface area contributed by atoms with Crippen LogP contribution in [0.25, 0.3) is 0 Å². The maximum Gasteiger partial charge on any atom is 0.255 e. The molecule has 3 aromatic rings. The number of hydrogen-bond acceptors (Lipinski definition) is 4. The molecular weight excluding hydrogens is 496 g/mol. The minimum Gasteiger partial charge on any atom is -0.490 e. The number of nitrogens with zero attached hydrogens (tertiary/aromatic N) is 1. The van der Waals surface area contributed by atoms with E-state index in [-0.39, 0.29) is 12.5 Å². The second kappa shape index (κ2) is 15.9. The highest BCUT2D eigenvalue weighted by molar-refractivity contribution is 5.96. The Hall–Kier alpha value is -3.57. The van der Waals surface area contributed by atoms with E-state index in [1.807, 2.05) is 48.5 Å². The van der Waals surface area contributed by atoms with E-state index in [0.717, 1.165) is 36.8 Å². The van der Waals surface area contributed by atoms with Gasteiger partial charge in [-0.1, -0.05) is 98.6 Å². The van der Waals surface area contributed by atoms with Crippen molar-refractivity contribution < 1.29 is 14.6 Å². The first kappa shape index (κ1) is 29.4. The third-order valence-corrected chi connectivity index (χ3v) is 7.85. The Morgan fingerprint density at radius 2 is 1.65 bits per heavy atom. The number of benzene rings is 3. The largest absolute Gasteiger partial charge is 0.490 e. The second-order valence-electron chi connectivity index (χ2n) is 10.9. The molecule has 2 N–H and O–H groups in total. The van der Waals surface area contributed by atoms with Gasteiger partial charge in [-0.2, -0.15) is 0 Å². The number of ether oxygens (including phenoxy) is 1. The topological polar surface area (TPSA) is 61.8 Å². The smallest absolute Gasteiger partial charge is 0.255 e. The predicted octanol–water partition coefficient (Wildman–Crippen LogP) is 6.63. The van der Waals surface area contributed by atoms with E-state index in [9.17, 15) is 9.90 Å². The molecule has 1 aliphatic carbocycles. The van der Waals surface area contributed by atoms with E-state index in [1.165, 1.54) is 31.2 Å². The van der Waals surface area contributed by atoms with Crippen LogP contribution >= 0.6 is 0 Å². The van der Waals surface area contributed by atoms with E-state index in [0.29, 0.717) is 24.4 Å². The lowest BCUT2D eigenvalue weighted by Gasteiger charge is -2.24. The van der Waals surface area contributed by atoms with Crippen molar-refractivity contribution in [1.29, 1.82) is 0 Å². The normalized spacial score (nSPS) is 17.6. The number of carbonyl (C=O) groups excluding carboxylic acids is 1. The molecule has 0 aliphatic heterocycles. The molecule has 0 radical (unpaired) electrons. The number of nitrogens with one attached hydrogen (secondary N) is 1. The lowest BCUT2D eigenvalue weighted by molar-refractivity contribution is 0.0799. The van der Waals surface area contributed by atoms with Crippen LogP contribution in [0.5, 0.6) is 5.75 Å². The first-order valence-corrected chi connectivity index (χ1v) is 14.8. The summed E-state index contributed by atoms with van der Waals surface area (Å²) in [5.74, 6) is 1.94. The molecular formula is C35H44N2O3. The molecule has 0 bridgehead atoms. The minimum absolute atomic E-state index is 0.111. The zero-order valence-corrected chi connectivity index (χ0v) is 23.8. The molecule has 1 fully saturated rings. The van der Waals surface area contributed by atoms with Gasteiger partial charge in [-0.3, -0.25) is 4.79 Å². The van der Waals surface area contributed by atoms with Gasteiger partial charge in [0.2, 0.25) is 0 Å². The average molecular weight is 541 g/mol. The summed E-state index contributed by atoms with van der Waals surface area (Å²) in [6.07, 6.45) is 11.0. The van der Waals surface area contributed by atoms with Gasteiger partial charge in [0.05, 0.1) is 5.56 Å². The number of hydrogen-bond donors (Lipinski definition) is 2. The van der Waals surface area contributed by atoms with Crippen LogP contribution in [-0.2, 0) is 13.0 Å². The maximum absolute atomic E-state index is 12.9. The van der Waals surface area contributed by atoms with Gasteiger partial charge in [0.25, 0.3) is 5.91 Å². The highest BCUT2D eigenvalue weighted by atomic mass is 16.5. The Balaban J connectivity index is 1.31. The van der Waals surface area contributed by atoms with Crippen molar-refractivity contribution in [2.75, 3.05) is 19.7 Å². The lowest BCUT2D eigenvalue weighted by Crippen LogP contribution is -2.34. The van der Waals surface area contributed by atoms with E-state index >= 15 is 0 Å². The van der Waals surface area contributed by atoms with Crippen molar-refractivity contribution >= 4 is 5.91 Å². The Morgan fingerprint density at radius 3 is 2.38 bits per heavy atom. The molecule has 0 aromatic heterocycles. The van der Waals surface area contributed by atoms with Gasteiger partial charge < -0.3 is 20.1 Å². The standard InChI is InChI=1S/C35H44N2O3/c1-2-28-19-20-30(24-28)16-11-22-37(23-21-29-12-5-3-6-13-29)26-32(38)27-40-34-18-10-9-17-33(34)35(39)36-25-31-14-7-4-8-15-31/h3-15,17-18,22,28,30,32,38H,2,16,19-21,23-27H2,1H3,(H,36,39)/b22-11-. The number of aliphatic hydroxyl groups is 1. The predicted molar refractivity (Wildman–Crippen MR) is 162 cm³/mol. The fourth-order valence-electron chi connectivity index (χ4n) is 5.47. The number of amides is 1. The average Bonchev–Trinajstić information content (AvgIpc) is 3.47. The number of aliphatic hydroxyl groups excluding tert-OH is 1. The SMILES string of the molecule is CCC1CCC(C/C=C\N(CCc2ccccc2)CC(O)COc2ccccc2C(=O)NCc2ccccc2)C1. The fourth-order valence-corrected chi connectivity index (χ4v) is 5.47. The Kier molecular flexibility index (Phi) is 11.7. The van der Waals surface area contributed by atoms with Crippen molar-refractivity contribution in [3.63, 3.8) is 0 Å². The van der Waals surface area contributed by atoms with Crippen LogP contribution in [0, 0.1) is 11.8 Å².